The van der Waals surface area contributed by atoms with Gasteiger partial charge in [0.15, 0.2) is 0 Å². The topological polar surface area (TPSA) is 60.2 Å². The normalized spacial score (nSPS) is 15.0. The minimum absolute atomic E-state index is 0.188. The number of ether oxygens (including phenoxy) is 1. The molecule has 0 saturated heterocycles. The molecule has 0 fully saturated rings. The summed E-state index contributed by atoms with van der Waals surface area (Å²) in [4.78, 5) is 4.22. The van der Waals surface area contributed by atoms with Crippen LogP contribution in [0.1, 0.15) is 39.4 Å². The maximum absolute atomic E-state index is 9.99. The lowest BCUT2D eigenvalue weighted by Gasteiger charge is -2.14. The Labute approximate surface area is 109 Å². The van der Waals surface area contributed by atoms with Crippen molar-refractivity contribution in [2.75, 3.05) is 7.11 Å². The van der Waals surface area contributed by atoms with Crippen molar-refractivity contribution in [1.82, 2.24) is 14.8 Å². The lowest BCUT2D eigenvalue weighted by molar-refractivity contribution is 0.0842. The van der Waals surface area contributed by atoms with Crippen LogP contribution in [-0.2, 0) is 17.7 Å². The minimum Gasteiger partial charge on any atom is -0.393 e. The second-order valence-electron chi connectivity index (χ2n) is 5.23. The molecule has 1 rings (SSSR count). The van der Waals surface area contributed by atoms with E-state index >= 15 is 0 Å². The van der Waals surface area contributed by atoms with Gasteiger partial charge in [-0.1, -0.05) is 13.8 Å². The molecule has 2 atom stereocenters. The molecule has 0 aromatic carbocycles. The Kier molecular flexibility index (Phi) is 6.29. The van der Waals surface area contributed by atoms with Gasteiger partial charge in [-0.05, 0) is 25.7 Å². The summed E-state index contributed by atoms with van der Waals surface area (Å²) < 4.78 is 7.05. The summed E-state index contributed by atoms with van der Waals surface area (Å²) in [5, 5.41) is 14.2. The molecule has 5 heteroatoms. The van der Waals surface area contributed by atoms with E-state index in [-0.39, 0.29) is 12.2 Å². The van der Waals surface area contributed by atoms with Crippen LogP contribution >= 0.6 is 0 Å². The summed E-state index contributed by atoms with van der Waals surface area (Å²) in [6, 6.07) is 0. The molecule has 1 N–H and O–H groups in total. The summed E-state index contributed by atoms with van der Waals surface area (Å²) in [5.74, 6) is 1.39. The molecule has 0 saturated carbocycles. The number of rotatable bonds is 8. The van der Waals surface area contributed by atoms with E-state index in [9.17, 15) is 5.11 Å². The van der Waals surface area contributed by atoms with Crippen LogP contribution in [0.3, 0.4) is 0 Å². The third kappa shape index (κ3) is 5.14. The van der Waals surface area contributed by atoms with E-state index in [1.807, 2.05) is 11.6 Å². The first-order valence-corrected chi connectivity index (χ1v) is 6.60. The summed E-state index contributed by atoms with van der Waals surface area (Å²) in [7, 11) is 1.69. The SMILES string of the molecule is COC(C)CCC(O)Cc1ncnn1CC(C)C. The predicted octanol–water partition coefficient (Wildman–Crippen LogP) is 1.65. The second-order valence-corrected chi connectivity index (χ2v) is 5.23. The zero-order valence-corrected chi connectivity index (χ0v) is 11.8. The number of aromatic nitrogens is 3. The van der Waals surface area contributed by atoms with E-state index in [0.29, 0.717) is 12.3 Å². The molecular formula is C13H25N3O2. The molecule has 18 heavy (non-hydrogen) atoms. The lowest BCUT2D eigenvalue weighted by atomic mass is 10.1. The van der Waals surface area contributed by atoms with Crippen LogP contribution in [0.15, 0.2) is 6.33 Å². The van der Waals surface area contributed by atoms with Gasteiger partial charge in [0.25, 0.3) is 0 Å². The van der Waals surface area contributed by atoms with Crippen molar-refractivity contribution in [3.8, 4) is 0 Å². The standard InChI is InChI=1S/C13H25N3O2/c1-10(2)8-16-13(14-9-15-16)7-12(17)6-5-11(3)18-4/h9-12,17H,5-8H2,1-4H3. The number of methoxy groups -OCH3 is 1. The summed E-state index contributed by atoms with van der Waals surface area (Å²) in [6.45, 7) is 7.13. The van der Waals surface area contributed by atoms with Crippen molar-refractivity contribution >= 4 is 0 Å². The summed E-state index contributed by atoms with van der Waals surface area (Å²) in [6.07, 6.45) is 3.51. The zero-order chi connectivity index (χ0) is 13.5. The van der Waals surface area contributed by atoms with Crippen molar-refractivity contribution in [2.45, 2.75) is 58.8 Å². The third-order valence-electron chi connectivity index (χ3n) is 2.96. The third-order valence-corrected chi connectivity index (χ3v) is 2.96. The highest BCUT2D eigenvalue weighted by atomic mass is 16.5. The van der Waals surface area contributed by atoms with E-state index < -0.39 is 0 Å². The van der Waals surface area contributed by atoms with Crippen LogP contribution in [0.25, 0.3) is 0 Å². The lowest BCUT2D eigenvalue weighted by Crippen LogP contribution is -2.19. The first-order chi connectivity index (χ1) is 8.52. The van der Waals surface area contributed by atoms with Gasteiger partial charge in [0.2, 0.25) is 0 Å². The monoisotopic (exact) mass is 255 g/mol. The van der Waals surface area contributed by atoms with Gasteiger partial charge in [0.1, 0.15) is 12.2 Å². The molecule has 0 radical (unpaired) electrons. The molecule has 1 aromatic rings. The molecule has 0 aliphatic carbocycles. The molecule has 104 valence electrons. The maximum Gasteiger partial charge on any atom is 0.138 e. The first-order valence-electron chi connectivity index (χ1n) is 6.60. The van der Waals surface area contributed by atoms with Gasteiger partial charge < -0.3 is 9.84 Å². The van der Waals surface area contributed by atoms with Crippen molar-refractivity contribution < 1.29 is 9.84 Å². The van der Waals surface area contributed by atoms with Crippen molar-refractivity contribution in [3.05, 3.63) is 12.2 Å². The molecule has 1 heterocycles. The smallest absolute Gasteiger partial charge is 0.138 e. The van der Waals surface area contributed by atoms with Crippen molar-refractivity contribution in [1.29, 1.82) is 0 Å². The highest BCUT2D eigenvalue weighted by Crippen LogP contribution is 2.09. The van der Waals surface area contributed by atoms with Gasteiger partial charge in [0, 0.05) is 20.1 Å². The van der Waals surface area contributed by atoms with Crippen LogP contribution in [0.2, 0.25) is 0 Å². The Bertz CT molecular complexity index is 339. The number of hydrogen-bond acceptors (Lipinski definition) is 4. The Morgan fingerprint density at radius 3 is 2.67 bits per heavy atom. The van der Waals surface area contributed by atoms with Gasteiger partial charge in [-0.2, -0.15) is 5.10 Å². The fraction of sp³-hybridized carbons (Fsp3) is 0.846. The number of aliphatic hydroxyl groups excluding tert-OH is 1. The quantitative estimate of drug-likeness (QED) is 0.767. The molecule has 2 unspecified atom stereocenters. The zero-order valence-electron chi connectivity index (χ0n) is 11.8. The van der Waals surface area contributed by atoms with Crippen LogP contribution in [0.4, 0.5) is 0 Å². The highest BCUT2D eigenvalue weighted by molar-refractivity contribution is 4.88. The molecule has 1 aromatic heterocycles. The molecule has 0 aliphatic rings. The molecule has 0 bridgehead atoms. The second kappa shape index (κ2) is 7.48. The molecule has 0 amide bonds. The Hall–Kier alpha value is -0.940. The van der Waals surface area contributed by atoms with E-state index in [2.05, 4.69) is 23.9 Å². The highest BCUT2D eigenvalue weighted by Gasteiger charge is 2.13. The van der Waals surface area contributed by atoms with Crippen LogP contribution < -0.4 is 0 Å². The van der Waals surface area contributed by atoms with Gasteiger partial charge >= 0.3 is 0 Å². The number of nitrogens with zero attached hydrogens (tertiary/aromatic N) is 3. The van der Waals surface area contributed by atoms with Gasteiger partial charge in [-0.25, -0.2) is 9.67 Å². The largest absolute Gasteiger partial charge is 0.393 e. The first kappa shape index (κ1) is 15.1. The Balaban J connectivity index is 2.43. The molecule has 0 spiro atoms. The van der Waals surface area contributed by atoms with Crippen LogP contribution in [0.5, 0.6) is 0 Å². The van der Waals surface area contributed by atoms with Gasteiger partial charge in [0.05, 0.1) is 12.2 Å². The van der Waals surface area contributed by atoms with Crippen LogP contribution in [0, 0.1) is 5.92 Å². The van der Waals surface area contributed by atoms with E-state index in [0.717, 1.165) is 25.2 Å². The number of hydrogen-bond donors (Lipinski definition) is 1. The predicted molar refractivity (Wildman–Crippen MR) is 70.3 cm³/mol. The van der Waals surface area contributed by atoms with Crippen molar-refractivity contribution in [2.24, 2.45) is 5.92 Å². The van der Waals surface area contributed by atoms with Crippen molar-refractivity contribution in [3.63, 3.8) is 0 Å². The Morgan fingerprint density at radius 2 is 2.06 bits per heavy atom. The van der Waals surface area contributed by atoms with Gasteiger partial charge in [-0.15, -0.1) is 0 Å². The van der Waals surface area contributed by atoms with E-state index in [1.165, 1.54) is 0 Å². The van der Waals surface area contributed by atoms with Crippen LogP contribution in [-0.4, -0.2) is 39.2 Å². The van der Waals surface area contributed by atoms with E-state index in [4.69, 9.17) is 4.74 Å². The summed E-state index contributed by atoms with van der Waals surface area (Å²) in [5.41, 5.74) is 0. The fourth-order valence-electron chi connectivity index (χ4n) is 1.80. The molecule has 0 aliphatic heterocycles. The van der Waals surface area contributed by atoms with Gasteiger partial charge in [-0.3, -0.25) is 0 Å². The van der Waals surface area contributed by atoms with E-state index in [1.54, 1.807) is 13.4 Å². The molecular weight excluding hydrogens is 230 g/mol. The maximum atomic E-state index is 9.99. The fourth-order valence-corrected chi connectivity index (χ4v) is 1.80. The average Bonchev–Trinajstić information content (AvgIpc) is 2.72. The summed E-state index contributed by atoms with van der Waals surface area (Å²) >= 11 is 0. The number of aliphatic hydroxyl groups is 1. The Morgan fingerprint density at radius 1 is 1.33 bits per heavy atom. The minimum atomic E-state index is -0.377. The molecule has 5 nitrogen and oxygen atoms in total. The average molecular weight is 255 g/mol.